The topological polar surface area (TPSA) is 72.3 Å². The zero-order chi connectivity index (χ0) is 12.0. The minimum atomic E-state index is -1.02. The Morgan fingerprint density at radius 1 is 1.50 bits per heavy atom. The fourth-order valence-electron chi connectivity index (χ4n) is 1.24. The van der Waals surface area contributed by atoms with E-state index in [4.69, 9.17) is 9.84 Å². The maximum atomic E-state index is 10.7. The summed E-state index contributed by atoms with van der Waals surface area (Å²) in [4.78, 5) is 18.5. The van der Waals surface area contributed by atoms with E-state index in [1.807, 2.05) is 0 Å². The van der Waals surface area contributed by atoms with Gasteiger partial charge in [0.05, 0.1) is 17.9 Å². The predicted molar refractivity (Wildman–Crippen MR) is 58.7 cm³/mol. The Balaban J connectivity index is 2.56. The van der Waals surface area contributed by atoms with Gasteiger partial charge in [0, 0.05) is 6.20 Å². The number of hydrogen-bond acceptors (Lipinski definition) is 4. The summed E-state index contributed by atoms with van der Waals surface area (Å²) >= 11 is 0. The van der Waals surface area contributed by atoms with Crippen molar-refractivity contribution in [2.24, 2.45) is 0 Å². The van der Waals surface area contributed by atoms with Gasteiger partial charge in [-0.05, 0) is 13.3 Å². The van der Waals surface area contributed by atoms with E-state index in [1.165, 1.54) is 6.20 Å². The standard InChI is InChI=1S/C11H16N2O3/c1-3-4-5-6-16-11-12-7-9(10(14)15)8(2)13-11/h7H,3-6H2,1-2H3,(H,14,15). The summed E-state index contributed by atoms with van der Waals surface area (Å²) in [5.74, 6) is -1.02. The van der Waals surface area contributed by atoms with E-state index in [9.17, 15) is 4.79 Å². The van der Waals surface area contributed by atoms with Crippen LogP contribution in [0.15, 0.2) is 6.20 Å². The molecular weight excluding hydrogens is 208 g/mol. The van der Waals surface area contributed by atoms with Crippen LogP contribution in [0, 0.1) is 6.92 Å². The van der Waals surface area contributed by atoms with Gasteiger partial charge in [-0.1, -0.05) is 19.8 Å². The van der Waals surface area contributed by atoms with Crippen LogP contribution in [0.4, 0.5) is 0 Å². The van der Waals surface area contributed by atoms with Crippen LogP contribution in [-0.4, -0.2) is 27.7 Å². The quantitative estimate of drug-likeness (QED) is 0.749. The van der Waals surface area contributed by atoms with E-state index >= 15 is 0 Å². The first-order valence-corrected chi connectivity index (χ1v) is 5.35. The van der Waals surface area contributed by atoms with Gasteiger partial charge < -0.3 is 9.84 Å². The number of hydrogen-bond donors (Lipinski definition) is 1. The molecule has 1 rings (SSSR count). The molecule has 0 atom stereocenters. The number of aromatic carboxylic acids is 1. The van der Waals surface area contributed by atoms with Crippen molar-refractivity contribution in [2.45, 2.75) is 33.1 Å². The molecule has 0 aliphatic rings. The number of rotatable bonds is 6. The lowest BCUT2D eigenvalue weighted by molar-refractivity contribution is 0.0695. The van der Waals surface area contributed by atoms with Crippen LogP contribution >= 0.6 is 0 Å². The van der Waals surface area contributed by atoms with E-state index in [1.54, 1.807) is 6.92 Å². The van der Waals surface area contributed by atoms with Crippen molar-refractivity contribution in [3.8, 4) is 6.01 Å². The third kappa shape index (κ3) is 3.49. The molecule has 0 amide bonds. The van der Waals surface area contributed by atoms with Crippen molar-refractivity contribution in [1.82, 2.24) is 9.97 Å². The zero-order valence-corrected chi connectivity index (χ0v) is 9.56. The van der Waals surface area contributed by atoms with E-state index in [0.29, 0.717) is 12.3 Å². The predicted octanol–water partition coefficient (Wildman–Crippen LogP) is 2.05. The third-order valence-electron chi connectivity index (χ3n) is 2.17. The van der Waals surface area contributed by atoms with E-state index in [0.717, 1.165) is 19.3 Å². The van der Waals surface area contributed by atoms with Crippen LogP contribution in [0.25, 0.3) is 0 Å². The summed E-state index contributed by atoms with van der Waals surface area (Å²) in [7, 11) is 0. The van der Waals surface area contributed by atoms with Crippen molar-refractivity contribution in [3.63, 3.8) is 0 Å². The highest BCUT2D eigenvalue weighted by atomic mass is 16.5. The van der Waals surface area contributed by atoms with Crippen molar-refractivity contribution in [3.05, 3.63) is 17.5 Å². The summed E-state index contributed by atoms with van der Waals surface area (Å²) in [5, 5.41) is 8.78. The second kappa shape index (κ2) is 6.05. The molecule has 1 heterocycles. The van der Waals surface area contributed by atoms with Gasteiger partial charge >= 0.3 is 12.0 Å². The van der Waals surface area contributed by atoms with Crippen LogP contribution in [0.5, 0.6) is 6.01 Å². The minimum Gasteiger partial charge on any atom is -0.478 e. The number of unbranched alkanes of at least 4 members (excludes halogenated alkanes) is 2. The molecule has 0 saturated heterocycles. The van der Waals surface area contributed by atoms with Gasteiger partial charge in [0.2, 0.25) is 0 Å². The molecule has 0 spiro atoms. The Labute approximate surface area is 94.5 Å². The third-order valence-corrected chi connectivity index (χ3v) is 2.17. The molecule has 0 radical (unpaired) electrons. The number of nitrogens with zero attached hydrogens (tertiary/aromatic N) is 2. The fourth-order valence-corrected chi connectivity index (χ4v) is 1.24. The average molecular weight is 224 g/mol. The summed E-state index contributed by atoms with van der Waals surface area (Å²) in [6.45, 7) is 4.31. The Morgan fingerprint density at radius 2 is 2.25 bits per heavy atom. The van der Waals surface area contributed by atoms with Gasteiger partial charge in [-0.3, -0.25) is 0 Å². The Kier molecular flexibility index (Phi) is 4.69. The molecule has 0 fully saturated rings. The number of aryl methyl sites for hydroxylation is 1. The Morgan fingerprint density at radius 3 is 2.81 bits per heavy atom. The Bertz CT molecular complexity index is 366. The fraction of sp³-hybridized carbons (Fsp3) is 0.545. The molecule has 16 heavy (non-hydrogen) atoms. The molecule has 5 heteroatoms. The molecule has 0 aliphatic carbocycles. The van der Waals surface area contributed by atoms with E-state index in [2.05, 4.69) is 16.9 Å². The number of ether oxygens (including phenoxy) is 1. The summed E-state index contributed by atoms with van der Waals surface area (Å²) in [6.07, 6.45) is 4.47. The van der Waals surface area contributed by atoms with Crippen LogP contribution in [0.3, 0.4) is 0 Å². The summed E-state index contributed by atoms with van der Waals surface area (Å²) in [6, 6.07) is 0.249. The first kappa shape index (κ1) is 12.4. The van der Waals surface area contributed by atoms with Gasteiger partial charge in [0.25, 0.3) is 0 Å². The Hall–Kier alpha value is -1.65. The highest BCUT2D eigenvalue weighted by molar-refractivity contribution is 5.88. The van der Waals surface area contributed by atoms with Crippen LogP contribution in [0.1, 0.15) is 42.2 Å². The van der Waals surface area contributed by atoms with E-state index < -0.39 is 5.97 Å². The lowest BCUT2D eigenvalue weighted by Gasteiger charge is -2.05. The first-order valence-electron chi connectivity index (χ1n) is 5.35. The van der Waals surface area contributed by atoms with Crippen LogP contribution in [0.2, 0.25) is 0 Å². The largest absolute Gasteiger partial charge is 0.478 e. The molecule has 0 unspecified atom stereocenters. The molecule has 0 aliphatic heterocycles. The van der Waals surface area contributed by atoms with Crippen LogP contribution < -0.4 is 4.74 Å². The molecule has 5 nitrogen and oxygen atoms in total. The van der Waals surface area contributed by atoms with Gasteiger partial charge in [0.15, 0.2) is 0 Å². The molecule has 0 saturated carbocycles. The van der Waals surface area contributed by atoms with E-state index in [-0.39, 0.29) is 11.6 Å². The zero-order valence-electron chi connectivity index (χ0n) is 9.56. The number of carboxylic acids is 1. The summed E-state index contributed by atoms with van der Waals surface area (Å²) < 4.78 is 5.31. The van der Waals surface area contributed by atoms with Gasteiger partial charge in [-0.15, -0.1) is 0 Å². The van der Waals surface area contributed by atoms with Gasteiger partial charge in [-0.2, -0.15) is 4.98 Å². The lowest BCUT2D eigenvalue weighted by Crippen LogP contribution is -2.06. The maximum absolute atomic E-state index is 10.7. The number of carbonyl (C=O) groups is 1. The first-order chi connectivity index (χ1) is 7.65. The SMILES string of the molecule is CCCCCOc1ncc(C(=O)O)c(C)n1. The van der Waals surface area contributed by atoms with Crippen molar-refractivity contribution < 1.29 is 14.6 Å². The summed E-state index contributed by atoms with van der Waals surface area (Å²) in [5.41, 5.74) is 0.536. The van der Waals surface area contributed by atoms with Crippen molar-refractivity contribution >= 4 is 5.97 Å². The highest BCUT2D eigenvalue weighted by Crippen LogP contribution is 2.09. The molecule has 0 aromatic carbocycles. The van der Waals surface area contributed by atoms with Crippen molar-refractivity contribution in [2.75, 3.05) is 6.61 Å². The number of aromatic nitrogens is 2. The van der Waals surface area contributed by atoms with Gasteiger partial charge in [-0.25, -0.2) is 9.78 Å². The highest BCUT2D eigenvalue weighted by Gasteiger charge is 2.10. The minimum absolute atomic E-state index is 0.112. The van der Waals surface area contributed by atoms with Crippen LogP contribution in [-0.2, 0) is 0 Å². The second-order valence-electron chi connectivity index (χ2n) is 3.51. The second-order valence-corrected chi connectivity index (χ2v) is 3.51. The number of carboxylic acid groups (broad SMARTS) is 1. The van der Waals surface area contributed by atoms with Crippen molar-refractivity contribution in [1.29, 1.82) is 0 Å². The molecule has 1 aromatic heterocycles. The molecule has 1 N–H and O–H groups in total. The molecule has 88 valence electrons. The monoisotopic (exact) mass is 224 g/mol. The lowest BCUT2D eigenvalue weighted by atomic mass is 10.2. The average Bonchev–Trinajstić information content (AvgIpc) is 2.24. The maximum Gasteiger partial charge on any atom is 0.339 e. The normalized spacial score (nSPS) is 10.1. The smallest absolute Gasteiger partial charge is 0.339 e. The molecular formula is C11H16N2O3. The molecule has 0 bridgehead atoms. The molecule has 1 aromatic rings. The van der Waals surface area contributed by atoms with Gasteiger partial charge in [0.1, 0.15) is 0 Å².